The molecule has 0 aliphatic rings. The molecule has 0 heterocycles. The number of benzene rings is 1. The van der Waals surface area contributed by atoms with Gasteiger partial charge in [-0.2, -0.15) is 0 Å². The zero-order chi connectivity index (χ0) is 14.6. The Morgan fingerprint density at radius 1 is 1.26 bits per heavy atom. The summed E-state index contributed by atoms with van der Waals surface area (Å²) in [5.74, 6) is 1.51. The SMILES string of the molecule is COc1ccc(C(C)NCC(C)C(C)(C)C)cc1Br. The number of hydrogen-bond acceptors (Lipinski definition) is 2. The Labute approximate surface area is 126 Å². The summed E-state index contributed by atoms with van der Waals surface area (Å²) in [6.45, 7) is 12.4. The van der Waals surface area contributed by atoms with Crippen LogP contribution in [0.1, 0.15) is 46.2 Å². The van der Waals surface area contributed by atoms with Gasteiger partial charge in [0, 0.05) is 6.04 Å². The number of nitrogens with one attached hydrogen (secondary N) is 1. The Hall–Kier alpha value is -0.540. The summed E-state index contributed by atoms with van der Waals surface area (Å²) in [6.07, 6.45) is 0. The van der Waals surface area contributed by atoms with E-state index < -0.39 is 0 Å². The van der Waals surface area contributed by atoms with Crippen molar-refractivity contribution in [3.8, 4) is 5.75 Å². The lowest BCUT2D eigenvalue weighted by molar-refractivity contribution is 0.247. The maximum atomic E-state index is 5.26. The summed E-state index contributed by atoms with van der Waals surface area (Å²) >= 11 is 3.53. The van der Waals surface area contributed by atoms with E-state index in [0.29, 0.717) is 17.4 Å². The van der Waals surface area contributed by atoms with Gasteiger partial charge in [-0.05, 0) is 58.4 Å². The van der Waals surface area contributed by atoms with E-state index >= 15 is 0 Å². The van der Waals surface area contributed by atoms with Crippen LogP contribution in [-0.4, -0.2) is 13.7 Å². The van der Waals surface area contributed by atoms with Crippen LogP contribution >= 0.6 is 15.9 Å². The van der Waals surface area contributed by atoms with E-state index in [2.05, 4.69) is 68.0 Å². The molecule has 108 valence electrons. The van der Waals surface area contributed by atoms with Crippen molar-refractivity contribution in [3.63, 3.8) is 0 Å². The normalized spacial score (nSPS) is 15.1. The molecule has 0 saturated heterocycles. The first-order valence-electron chi connectivity index (χ1n) is 6.82. The van der Waals surface area contributed by atoms with Gasteiger partial charge >= 0.3 is 0 Å². The number of halogens is 1. The van der Waals surface area contributed by atoms with Crippen molar-refractivity contribution in [2.24, 2.45) is 11.3 Å². The van der Waals surface area contributed by atoms with E-state index in [1.54, 1.807) is 7.11 Å². The van der Waals surface area contributed by atoms with Crippen molar-refractivity contribution in [2.45, 2.75) is 40.7 Å². The van der Waals surface area contributed by atoms with E-state index in [4.69, 9.17) is 4.74 Å². The molecule has 3 heteroatoms. The topological polar surface area (TPSA) is 21.3 Å². The molecule has 0 spiro atoms. The lowest BCUT2D eigenvalue weighted by Crippen LogP contribution is -2.31. The van der Waals surface area contributed by atoms with Gasteiger partial charge < -0.3 is 10.1 Å². The van der Waals surface area contributed by atoms with Gasteiger partial charge in [0.15, 0.2) is 0 Å². The number of methoxy groups -OCH3 is 1. The molecular formula is C16H26BrNO. The Morgan fingerprint density at radius 3 is 2.37 bits per heavy atom. The largest absolute Gasteiger partial charge is 0.496 e. The molecule has 2 unspecified atom stereocenters. The van der Waals surface area contributed by atoms with Crippen molar-refractivity contribution >= 4 is 15.9 Å². The summed E-state index contributed by atoms with van der Waals surface area (Å²) in [5.41, 5.74) is 1.61. The van der Waals surface area contributed by atoms with Crippen LogP contribution in [0.2, 0.25) is 0 Å². The second kappa shape index (κ2) is 6.76. The lowest BCUT2D eigenvalue weighted by atomic mass is 9.82. The fraction of sp³-hybridized carbons (Fsp3) is 0.625. The molecule has 0 radical (unpaired) electrons. The summed E-state index contributed by atoms with van der Waals surface area (Å²) in [7, 11) is 1.69. The molecule has 2 nitrogen and oxygen atoms in total. The highest BCUT2D eigenvalue weighted by atomic mass is 79.9. The molecule has 19 heavy (non-hydrogen) atoms. The third kappa shape index (κ3) is 4.81. The van der Waals surface area contributed by atoms with Crippen LogP contribution in [0.4, 0.5) is 0 Å². The molecule has 0 aliphatic carbocycles. The van der Waals surface area contributed by atoms with E-state index in [1.165, 1.54) is 5.56 Å². The zero-order valence-corrected chi connectivity index (χ0v) is 14.5. The van der Waals surface area contributed by atoms with Crippen molar-refractivity contribution in [1.29, 1.82) is 0 Å². The number of rotatable bonds is 5. The average molecular weight is 328 g/mol. The summed E-state index contributed by atoms with van der Waals surface area (Å²) in [4.78, 5) is 0. The summed E-state index contributed by atoms with van der Waals surface area (Å²) in [6, 6.07) is 6.58. The van der Waals surface area contributed by atoms with Crippen LogP contribution < -0.4 is 10.1 Å². The smallest absolute Gasteiger partial charge is 0.133 e. The minimum absolute atomic E-state index is 0.340. The number of ether oxygens (including phenoxy) is 1. The molecule has 0 bridgehead atoms. The molecule has 2 atom stereocenters. The number of hydrogen-bond donors (Lipinski definition) is 1. The maximum Gasteiger partial charge on any atom is 0.133 e. The fourth-order valence-electron chi connectivity index (χ4n) is 1.73. The first-order chi connectivity index (χ1) is 8.75. The monoisotopic (exact) mass is 327 g/mol. The van der Waals surface area contributed by atoms with Crippen molar-refractivity contribution in [1.82, 2.24) is 5.32 Å². The van der Waals surface area contributed by atoms with E-state index in [9.17, 15) is 0 Å². The predicted octanol–water partition coefficient (Wildman–Crippen LogP) is 4.79. The van der Waals surface area contributed by atoms with Crippen LogP contribution in [0.5, 0.6) is 5.75 Å². The molecule has 0 fully saturated rings. The zero-order valence-electron chi connectivity index (χ0n) is 12.9. The highest BCUT2D eigenvalue weighted by molar-refractivity contribution is 9.10. The average Bonchev–Trinajstić information content (AvgIpc) is 2.34. The Bertz CT molecular complexity index is 412. The van der Waals surface area contributed by atoms with E-state index in [1.807, 2.05) is 6.07 Å². The van der Waals surface area contributed by atoms with Gasteiger partial charge in [0.05, 0.1) is 11.6 Å². The van der Waals surface area contributed by atoms with Crippen molar-refractivity contribution in [2.75, 3.05) is 13.7 Å². The molecule has 0 saturated carbocycles. The fourth-order valence-corrected chi connectivity index (χ4v) is 2.29. The van der Waals surface area contributed by atoms with Crippen LogP contribution in [0.25, 0.3) is 0 Å². The summed E-state index contributed by atoms with van der Waals surface area (Å²) in [5, 5.41) is 3.61. The maximum absolute atomic E-state index is 5.26. The molecule has 0 aliphatic heterocycles. The molecule has 1 aromatic carbocycles. The minimum atomic E-state index is 0.340. The highest BCUT2D eigenvalue weighted by Gasteiger charge is 2.20. The van der Waals surface area contributed by atoms with E-state index in [-0.39, 0.29) is 0 Å². The molecule has 1 N–H and O–H groups in total. The van der Waals surface area contributed by atoms with Gasteiger partial charge in [0.25, 0.3) is 0 Å². The third-order valence-corrected chi connectivity index (χ3v) is 4.50. The predicted molar refractivity (Wildman–Crippen MR) is 85.7 cm³/mol. The second-order valence-electron chi connectivity index (χ2n) is 6.29. The molecule has 0 aromatic heterocycles. The third-order valence-electron chi connectivity index (χ3n) is 3.88. The van der Waals surface area contributed by atoms with Gasteiger partial charge in [-0.1, -0.05) is 33.8 Å². The highest BCUT2D eigenvalue weighted by Crippen LogP contribution is 2.29. The van der Waals surface area contributed by atoms with Crippen LogP contribution in [0, 0.1) is 11.3 Å². The molecule has 1 rings (SSSR count). The standard InChI is InChI=1S/C16H26BrNO/c1-11(16(3,4)5)10-18-12(2)13-7-8-15(19-6)14(17)9-13/h7-9,11-12,18H,10H2,1-6H3. The van der Waals surface area contributed by atoms with Gasteiger partial charge in [0.1, 0.15) is 5.75 Å². The first kappa shape index (κ1) is 16.5. The molecule has 0 amide bonds. The van der Waals surface area contributed by atoms with Crippen LogP contribution in [-0.2, 0) is 0 Å². The van der Waals surface area contributed by atoms with E-state index in [0.717, 1.165) is 16.8 Å². The minimum Gasteiger partial charge on any atom is -0.496 e. The van der Waals surface area contributed by atoms with Gasteiger partial charge in [-0.15, -0.1) is 0 Å². The van der Waals surface area contributed by atoms with Gasteiger partial charge in [0.2, 0.25) is 0 Å². The quantitative estimate of drug-likeness (QED) is 0.839. The van der Waals surface area contributed by atoms with Crippen molar-refractivity contribution in [3.05, 3.63) is 28.2 Å². The summed E-state index contributed by atoms with van der Waals surface area (Å²) < 4.78 is 6.26. The van der Waals surface area contributed by atoms with Crippen LogP contribution in [0.15, 0.2) is 22.7 Å². The molecule has 1 aromatic rings. The van der Waals surface area contributed by atoms with Crippen molar-refractivity contribution < 1.29 is 4.74 Å². The Balaban J connectivity index is 2.64. The molecular weight excluding hydrogens is 302 g/mol. The van der Waals surface area contributed by atoms with Crippen LogP contribution in [0.3, 0.4) is 0 Å². The second-order valence-corrected chi connectivity index (χ2v) is 7.15. The van der Waals surface area contributed by atoms with Gasteiger partial charge in [-0.3, -0.25) is 0 Å². The lowest BCUT2D eigenvalue weighted by Gasteiger charge is -2.29. The van der Waals surface area contributed by atoms with Gasteiger partial charge in [-0.25, -0.2) is 0 Å². The Kier molecular flexibility index (Phi) is 5.87. The Morgan fingerprint density at radius 2 is 1.89 bits per heavy atom. The first-order valence-corrected chi connectivity index (χ1v) is 7.61.